The van der Waals surface area contributed by atoms with Crippen LogP contribution in [0.15, 0.2) is 10.3 Å². The Morgan fingerprint density at radius 1 is 1.27 bits per heavy atom. The second kappa shape index (κ2) is 2.29. The summed E-state index contributed by atoms with van der Waals surface area (Å²) in [6.45, 7) is 0. The fourth-order valence-electron chi connectivity index (χ4n) is 1.78. The Morgan fingerprint density at radius 3 is 2.55 bits per heavy atom. The van der Waals surface area contributed by atoms with Gasteiger partial charge >= 0.3 is 0 Å². The molecule has 0 aromatic carbocycles. The largest absolute Gasteiger partial charge is 0.271 e. The van der Waals surface area contributed by atoms with Crippen LogP contribution in [0.5, 0.6) is 0 Å². The molecule has 1 saturated carbocycles. The minimum atomic E-state index is -0.460. The van der Waals surface area contributed by atoms with Gasteiger partial charge in [0.15, 0.2) is 5.54 Å². The third kappa shape index (κ3) is 0.931. The van der Waals surface area contributed by atoms with Crippen LogP contribution in [-0.4, -0.2) is 11.4 Å². The molecule has 0 saturated heterocycles. The van der Waals surface area contributed by atoms with Gasteiger partial charge in [-0.1, -0.05) is 24.5 Å². The van der Waals surface area contributed by atoms with Crippen molar-refractivity contribution in [3.05, 3.63) is 0 Å². The second-order valence-electron chi connectivity index (χ2n) is 3.23. The van der Waals surface area contributed by atoms with Crippen molar-refractivity contribution in [3.8, 4) is 0 Å². The predicted octanol–water partition coefficient (Wildman–Crippen LogP) is 1.19. The van der Waals surface area contributed by atoms with E-state index in [-0.39, 0.29) is 5.91 Å². The van der Waals surface area contributed by atoms with Gasteiger partial charge in [0, 0.05) is 0 Å². The minimum Gasteiger partial charge on any atom is -0.270 e. The van der Waals surface area contributed by atoms with Crippen molar-refractivity contribution in [3.63, 3.8) is 0 Å². The summed E-state index contributed by atoms with van der Waals surface area (Å²) < 4.78 is 0. The van der Waals surface area contributed by atoms with Gasteiger partial charge in [-0.15, -0.1) is 0 Å². The van der Waals surface area contributed by atoms with E-state index >= 15 is 0 Å². The molecule has 1 aliphatic heterocycles. The highest BCUT2D eigenvalue weighted by Crippen LogP contribution is 2.34. The van der Waals surface area contributed by atoms with E-state index in [1.807, 2.05) is 0 Å². The maximum Gasteiger partial charge on any atom is 0.271 e. The lowest BCUT2D eigenvalue weighted by Crippen LogP contribution is -2.40. The number of nitrogens with zero attached hydrogens (tertiary/aromatic N) is 2. The SMILES string of the molecule is O=C1NN=NC12CCCCC2. The molecule has 0 aromatic heterocycles. The number of hydrogen-bond acceptors (Lipinski definition) is 3. The molecular formula is C7H11N3O. The van der Waals surface area contributed by atoms with Crippen LogP contribution in [-0.2, 0) is 4.79 Å². The number of hydrogen-bond donors (Lipinski definition) is 1. The monoisotopic (exact) mass is 153 g/mol. The van der Waals surface area contributed by atoms with Gasteiger partial charge < -0.3 is 0 Å². The van der Waals surface area contributed by atoms with Crippen LogP contribution in [0.4, 0.5) is 0 Å². The zero-order chi connectivity index (χ0) is 7.73. The lowest BCUT2D eigenvalue weighted by atomic mass is 9.82. The van der Waals surface area contributed by atoms with Crippen molar-refractivity contribution in [1.82, 2.24) is 5.43 Å². The van der Waals surface area contributed by atoms with Gasteiger partial charge in [0.2, 0.25) is 0 Å². The van der Waals surface area contributed by atoms with Crippen LogP contribution in [0.2, 0.25) is 0 Å². The first-order chi connectivity index (χ1) is 5.33. The lowest BCUT2D eigenvalue weighted by Gasteiger charge is -2.25. The summed E-state index contributed by atoms with van der Waals surface area (Å²) >= 11 is 0. The van der Waals surface area contributed by atoms with Gasteiger partial charge in [-0.2, -0.15) is 5.11 Å². The summed E-state index contributed by atoms with van der Waals surface area (Å²) in [7, 11) is 0. The molecule has 4 nitrogen and oxygen atoms in total. The Labute approximate surface area is 65.0 Å². The number of carbonyl (C=O) groups excluding carboxylic acids is 1. The molecule has 1 aliphatic carbocycles. The van der Waals surface area contributed by atoms with Gasteiger partial charge in [0.1, 0.15) is 0 Å². The molecule has 1 fully saturated rings. The third-order valence-electron chi connectivity index (χ3n) is 2.50. The summed E-state index contributed by atoms with van der Waals surface area (Å²) in [4.78, 5) is 11.3. The Morgan fingerprint density at radius 2 is 2.00 bits per heavy atom. The summed E-state index contributed by atoms with van der Waals surface area (Å²) in [5.41, 5.74) is 1.94. The number of rotatable bonds is 0. The molecule has 1 spiro atoms. The van der Waals surface area contributed by atoms with Crippen LogP contribution in [0, 0.1) is 0 Å². The molecule has 2 aliphatic rings. The van der Waals surface area contributed by atoms with E-state index in [1.54, 1.807) is 0 Å². The van der Waals surface area contributed by atoms with Crippen molar-refractivity contribution in [2.45, 2.75) is 37.6 Å². The molecule has 0 unspecified atom stereocenters. The highest BCUT2D eigenvalue weighted by molar-refractivity contribution is 5.87. The van der Waals surface area contributed by atoms with Crippen molar-refractivity contribution >= 4 is 5.91 Å². The van der Waals surface area contributed by atoms with Gasteiger partial charge in [-0.25, -0.2) is 5.43 Å². The van der Waals surface area contributed by atoms with E-state index in [2.05, 4.69) is 15.8 Å². The van der Waals surface area contributed by atoms with Crippen LogP contribution in [0.3, 0.4) is 0 Å². The summed E-state index contributed by atoms with van der Waals surface area (Å²) in [6, 6.07) is 0. The van der Waals surface area contributed by atoms with Gasteiger partial charge in [-0.05, 0) is 12.8 Å². The van der Waals surface area contributed by atoms with Crippen molar-refractivity contribution in [1.29, 1.82) is 0 Å². The van der Waals surface area contributed by atoms with E-state index < -0.39 is 5.54 Å². The van der Waals surface area contributed by atoms with Gasteiger partial charge in [0.25, 0.3) is 5.91 Å². The number of amides is 1. The average molecular weight is 153 g/mol. The highest BCUT2D eigenvalue weighted by Gasteiger charge is 2.42. The van der Waals surface area contributed by atoms with E-state index in [4.69, 9.17) is 0 Å². The van der Waals surface area contributed by atoms with Crippen LogP contribution >= 0.6 is 0 Å². The number of nitrogens with one attached hydrogen (secondary N) is 1. The lowest BCUT2D eigenvalue weighted by molar-refractivity contribution is -0.125. The minimum absolute atomic E-state index is 0.00259. The maximum absolute atomic E-state index is 11.3. The molecule has 0 radical (unpaired) electrons. The Balaban J connectivity index is 2.18. The second-order valence-corrected chi connectivity index (χ2v) is 3.23. The molecule has 2 rings (SSSR count). The van der Waals surface area contributed by atoms with E-state index in [0.29, 0.717) is 0 Å². The quantitative estimate of drug-likeness (QED) is 0.558. The molecule has 0 atom stereocenters. The molecule has 1 amide bonds. The standard InChI is InChI=1S/C7H11N3O/c11-6-7(9-10-8-6)4-2-1-3-5-7/h1-5H2,(H,8,9,11). The van der Waals surface area contributed by atoms with Crippen molar-refractivity contribution < 1.29 is 4.79 Å². The van der Waals surface area contributed by atoms with Crippen LogP contribution < -0.4 is 5.43 Å². The maximum atomic E-state index is 11.3. The number of carbonyl (C=O) groups is 1. The summed E-state index contributed by atoms with van der Waals surface area (Å²) in [6.07, 6.45) is 5.19. The van der Waals surface area contributed by atoms with E-state index in [9.17, 15) is 4.79 Å². The Kier molecular flexibility index (Phi) is 1.41. The molecule has 0 aromatic rings. The zero-order valence-electron chi connectivity index (χ0n) is 6.34. The van der Waals surface area contributed by atoms with Gasteiger partial charge in [-0.3, -0.25) is 4.79 Å². The fraction of sp³-hybridized carbons (Fsp3) is 0.857. The molecule has 1 heterocycles. The molecule has 4 heteroatoms. The fourth-order valence-corrected chi connectivity index (χ4v) is 1.78. The first kappa shape index (κ1) is 6.76. The molecule has 60 valence electrons. The topological polar surface area (TPSA) is 53.8 Å². The third-order valence-corrected chi connectivity index (χ3v) is 2.50. The normalized spacial score (nSPS) is 27.5. The summed E-state index contributed by atoms with van der Waals surface area (Å²) in [5, 5.41) is 7.54. The van der Waals surface area contributed by atoms with Crippen LogP contribution in [0.25, 0.3) is 0 Å². The highest BCUT2D eigenvalue weighted by atomic mass is 16.2. The molecular weight excluding hydrogens is 142 g/mol. The molecule has 0 bridgehead atoms. The molecule has 1 N–H and O–H groups in total. The van der Waals surface area contributed by atoms with Crippen molar-refractivity contribution in [2.24, 2.45) is 10.3 Å². The summed E-state index contributed by atoms with van der Waals surface area (Å²) in [5.74, 6) is -0.00259. The zero-order valence-corrected chi connectivity index (χ0v) is 6.34. The predicted molar refractivity (Wildman–Crippen MR) is 38.8 cm³/mol. The van der Waals surface area contributed by atoms with Crippen LogP contribution in [0.1, 0.15) is 32.1 Å². The van der Waals surface area contributed by atoms with Gasteiger partial charge in [0.05, 0.1) is 0 Å². The first-order valence-corrected chi connectivity index (χ1v) is 4.06. The Bertz CT molecular complexity index is 206. The Hall–Kier alpha value is -0.930. The average Bonchev–Trinajstić information content (AvgIpc) is 2.36. The van der Waals surface area contributed by atoms with E-state index in [0.717, 1.165) is 25.7 Å². The van der Waals surface area contributed by atoms with E-state index in [1.165, 1.54) is 6.42 Å². The smallest absolute Gasteiger partial charge is 0.270 e. The molecule has 11 heavy (non-hydrogen) atoms. The van der Waals surface area contributed by atoms with Crippen molar-refractivity contribution in [2.75, 3.05) is 0 Å². The first-order valence-electron chi connectivity index (χ1n) is 4.06.